The van der Waals surface area contributed by atoms with E-state index in [4.69, 9.17) is 4.74 Å². The van der Waals surface area contributed by atoms with E-state index in [1.165, 1.54) is 5.01 Å². The van der Waals surface area contributed by atoms with Crippen molar-refractivity contribution in [3.05, 3.63) is 29.3 Å². The smallest absolute Gasteiger partial charge is 0.267 e. The first-order valence-corrected chi connectivity index (χ1v) is 8.86. The summed E-state index contributed by atoms with van der Waals surface area (Å²) in [7, 11) is 0. The average Bonchev–Trinajstić information content (AvgIpc) is 3.12. The molecule has 3 rings (SSSR count). The number of hydrogen-bond acceptors (Lipinski definition) is 4. The second kappa shape index (κ2) is 7.35. The van der Waals surface area contributed by atoms with Gasteiger partial charge in [-0.1, -0.05) is 12.1 Å². The molecule has 0 aliphatic carbocycles. The molecule has 6 heteroatoms. The number of amides is 2. The Morgan fingerprint density at radius 2 is 2.16 bits per heavy atom. The van der Waals surface area contributed by atoms with E-state index in [2.05, 4.69) is 10.4 Å². The van der Waals surface area contributed by atoms with E-state index in [1.54, 1.807) is 0 Å². The quantitative estimate of drug-likeness (QED) is 0.913. The number of benzene rings is 1. The molecule has 134 valence electrons. The maximum absolute atomic E-state index is 12.6. The van der Waals surface area contributed by atoms with Gasteiger partial charge in [-0.3, -0.25) is 9.59 Å². The highest BCUT2D eigenvalue weighted by Crippen LogP contribution is 2.25. The van der Waals surface area contributed by atoms with Crippen LogP contribution in [0.25, 0.3) is 0 Å². The average molecular weight is 343 g/mol. The fourth-order valence-electron chi connectivity index (χ4n) is 3.23. The highest BCUT2D eigenvalue weighted by atomic mass is 16.5. The van der Waals surface area contributed by atoms with E-state index in [-0.39, 0.29) is 30.4 Å². The first-order chi connectivity index (χ1) is 12.0. The van der Waals surface area contributed by atoms with E-state index in [0.29, 0.717) is 12.1 Å². The molecule has 2 amide bonds. The molecule has 0 aromatic heterocycles. The Balaban J connectivity index is 1.78. The van der Waals surface area contributed by atoms with Crippen LogP contribution in [-0.2, 0) is 14.3 Å². The van der Waals surface area contributed by atoms with Gasteiger partial charge >= 0.3 is 0 Å². The third-order valence-corrected chi connectivity index (χ3v) is 4.77. The predicted octanol–water partition coefficient (Wildman–Crippen LogP) is 2.47. The maximum Gasteiger partial charge on any atom is 0.267 e. The standard InChI is InChI=1S/C19H25N3O3/c1-12-6-7-13(2)16(11-12)22-18(23)9-8-15(21-22)19(24)20-14(3)17-5-4-10-25-17/h6-7,11,14,17H,4-5,8-10H2,1-3H3,(H,20,24)/t14-,17+/m1/s1. The predicted molar refractivity (Wildman–Crippen MR) is 96.6 cm³/mol. The van der Waals surface area contributed by atoms with Crippen LogP contribution in [0.2, 0.25) is 0 Å². The Labute approximate surface area is 148 Å². The molecule has 1 aromatic rings. The molecule has 0 bridgehead atoms. The van der Waals surface area contributed by atoms with E-state index in [1.807, 2.05) is 39.0 Å². The number of hydrogen-bond donors (Lipinski definition) is 1. The van der Waals surface area contributed by atoms with Crippen LogP contribution in [0.5, 0.6) is 0 Å². The Bertz CT molecular complexity index is 708. The SMILES string of the molecule is Cc1ccc(C)c(N2N=C(C(=O)N[C@H](C)[C@@H]3CCCO3)CCC2=O)c1. The highest BCUT2D eigenvalue weighted by Gasteiger charge is 2.29. The molecule has 25 heavy (non-hydrogen) atoms. The van der Waals surface area contributed by atoms with Crippen molar-refractivity contribution in [1.29, 1.82) is 0 Å². The normalized spacial score (nSPS) is 21.9. The summed E-state index contributed by atoms with van der Waals surface area (Å²) in [5.74, 6) is -0.303. The second-order valence-electron chi connectivity index (χ2n) is 6.86. The minimum atomic E-state index is -0.217. The molecule has 0 radical (unpaired) electrons. The Hall–Kier alpha value is -2.21. The zero-order valence-electron chi connectivity index (χ0n) is 15.0. The van der Waals surface area contributed by atoms with Gasteiger partial charge in [-0.05, 0) is 50.8 Å². The van der Waals surface area contributed by atoms with Crippen molar-refractivity contribution in [2.45, 2.75) is 58.6 Å². The van der Waals surface area contributed by atoms with Crippen molar-refractivity contribution in [2.24, 2.45) is 5.10 Å². The number of anilines is 1. The van der Waals surface area contributed by atoms with E-state index in [9.17, 15) is 9.59 Å². The molecule has 0 unspecified atom stereocenters. The van der Waals surface area contributed by atoms with E-state index < -0.39 is 0 Å². The van der Waals surface area contributed by atoms with Gasteiger partial charge in [0.05, 0.1) is 17.8 Å². The first-order valence-electron chi connectivity index (χ1n) is 8.86. The minimum absolute atomic E-state index is 0.0601. The molecule has 1 fully saturated rings. The third-order valence-electron chi connectivity index (χ3n) is 4.77. The first kappa shape index (κ1) is 17.6. The van der Waals surface area contributed by atoms with Crippen molar-refractivity contribution in [2.75, 3.05) is 11.6 Å². The summed E-state index contributed by atoms with van der Waals surface area (Å²) >= 11 is 0. The Morgan fingerprint density at radius 1 is 1.36 bits per heavy atom. The number of carbonyl (C=O) groups is 2. The van der Waals surface area contributed by atoms with Crippen LogP contribution in [0.15, 0.2) is 23.3 Å². The molecule has 0 spiro atoms. The van der Waals surface area contributed by atoms with Crippen LogP contribution in [0.1, 0.15) is 43.7 Å². The van der Waals surface area contributed by atoms with Gasteiger partial charge in [-0.2, -0.15) is 5.10 Å². The summed E-state index contributed by atoms with van der Waals surface area (Å²) in [5, 5.41) is 8.71. The van der Waals surface area contributed by atoms with Crippen molar-refractivity contribution >= 4 is 23.2 Å². The molecule has 6 nitrogen and oxygen atoms in total. The molecule has 1 saturated heterocycles. The highest BCUT2D eigenvalue weighted by molar-refractivity contribution is 6.40. The summed E-state index contributed by atoms with van der Waals surface area (Å²) in [6, 6.07) is 5.81. The number of hydrazone groups is 1. The molecule has 1 aromatic carbocycles. The zero-order valence-corrected chi connectivity index (χ0v) is 15.0. The fourth-order valence-corrected chi connectivity index (χ4v) is 3.23. The topological polar surface area (TPSA) is 71.0 Å². The molecular formula is C19H25N3O3. The molecule has 0 saturated carbocycles. The van der Waals surface area contributed by atoms with Gasteiger partial charge in [0, 0.05) is 19.4 Å². The van der Waals surface area contributed by atoms with Crippen LogP contribution >= 0.6 is 0 Å². The largest absolute Gasteiger partial charge is 0.376 e. The minimum Gasteiger partial charge on any atom is -0.376 e. The number of nitrogens with one attached hydrogen (secondary N) is 1. The van der Waals surface area contributed by atoms with Crippen molar-refractivity contribution in [1.82, 2.24) is 5.32 Å². The van der Waals surface area contributed by atoms with Gasteiger partial charge in [-0.15, -0.1) is 0 Å². The molecule has 2 atom stereocenters. The van der Waals surface area contributed by atoms with Crippen molar-refractivity contribution in [3.63, 3.8) is 0 Å². The summed E-state index contributed by atoms with van der Waals surface area (Å²) in [6.07, 6.45) is 2.70. The van der Waals surface area contributed by atoms with Crippen molar-refractivity contribution in [3.8, 4) is 0 Å². The Kier molecular flexibility index (Phi) is 5.18. The number of nitrogens with zero attached hydrogens (tertiary/aromatic N) is 2. The van der Waals surface area contributed by atoms with Gasteiger partial charge in [0.1, 0.15) is 5.71 Å². The summed E-state index contributed by atoms with van der Waals surface area (Å²) in [5.41, 5.74) is 3.14. The Morgan fingerprint density at radius 3 is 2.88 bits per heavy atom. The monoisotopic (exact) mass is 343 g/mol. The zero-order chi connectivity index (χ0) is 18.0. The lowest BCUT2D eigenvalue weighted by Gasteiger charge is -2.26. The van der Waals surface area contributed by atoms with Gasteiger partial charge in [0.15, 0.2) is 0 Å². The van der Waals surface area contributed by atoms with E-state index >= 15 is 0 Å². The van der Waals surface area contributed by atoms with Gasteiger partial charge in [-0.25, -0.2) is 5.01 Å². The van der Waals surface area contributed by atoms with Crippen LogP contribution in [0.3, 0.4) is 0 Å². The second-order valence-corrected chi connectivity index (χ2v) is 6.86. The maximum atomic E-state index is 12.6. The van der Waals surface area contributed by atoms with Gasteiger partial charge in [0.2, 0.25) is 5.91 Å². The molecule has 1 N–H and O–H groups in total. The fraction of sp³-hybridized carbons (Fsp3) is 0.526. The lowest BCUT2D eigenvalue weighted by Crippen LogP contribution is -2.46. The molecule has 2 heterocycles. The van der Waals surface area contributed by atoms with Crippen molar-refractivity contribution < 1.29 is 14.3 Å². The van der Waals surface area contributed by atoms with Crippen LogP contribution < -0.4 is 10.3 Å². The molecule has 2 aliphatic rings. The number of aryl methyl sites for hydroxylation is 2. The number of carbonyl (C=O) groups excluding carboxylic acids is 2. The van der Waals surface area contributed by atoms with Crippen LogP contribution in [0, 0.1) is 13.8 Å². The van der Waals surface area contributed by atoms with Gasteiger partial charge in [0.25, 0.3) is 5.91 Å². The van der Waals surface area contributed by atoms with Crippen LogP contribution in [0.4, 0.5) is 5.69 Å². The van der Waals surface area contributed by atoms with E-state index in [0.717, 1.165) is 36.3 Å². The lowest BCUT2D eigenvalue weighted by atomic mass is 10.1. The van der Waals surface area contributed by atoms with Gasteiger partial charge < -0.3 is 10.1 Å². The molecule has 2 aliphatic heterocycles. The number of ether oxygens (including phenoxy) is 1. The van der Waals surface area contributed by atoms with Crippen LogP contribution in [-0.4, -0.2) is 36.3 Å². The lowest BCUT2D eigenvalue weighted by molar-refractivity contribution is -0.119. The summed E-state index contributed by atoms with van der Waals surface area (Å²) in [6.45, 7) is 6.61. The molecular weight excluding hydrogens is 318 g/mol. The third kappa shape index (κ3) is 3.90. The summed E-state index contributed by atoms with van der Waals surface area (Å²) in [4.78, 5) is 24.9. The summed E-state index contributed by atoms with van der Waals surface area (Å²) < 4.78 is 5.62. The number of rotatable bonds is 4.